The second-order valence-corrected chi connectivity index (χ2v) is 4.87. The molecular weight excluding hydrogens is 260 g/mol. The molecule has 1 unspecified atom stereocenters. The Labute approximate surface area is 116 Å². The zero-order chi connectivity index (χ0) is 14.9. The molecule has 2 aromatic heterocycles. The van der Waals surface area contributed by atoms with Crippen molar-refractivity contribution in [1.82, 2.24) is 10.5 Å². The number of nitrogens with zero attached hydrogens (tertiary/aromatic N) is 1. The van der Waals surface area contributed by atoms with E-state index >= 15 is 0 Å². The molecule has 0 radical (unpaired) electrons. The summed E-state index contributed by atoms with van der Waals surface area (Å²) in [6.07, 6.45) is 0. The summed E-state index contributed by atoms with van der Waals surface area (Å²) >= 11 is 0. The monoisotopic (exact) mass is 278 g/mol. The predicted octanol–water partition coefficient (Wildman–Crippen LogP) is 2.74. The predicted molar refractivity (Wildman–Crippen MR) is 71.6 cm³/mol. The van der Waals surface area contributed by atoms with Crippen molar-refractivity contribution in [3.63, 3.8) is 0 Å². The van der Waals surface area contributed by atoms with Crippen molar-refractivity contribution in [2.75, 3.05) is 0 Å². The van der Waals surface area contributed by atoms with Crippen LogP contribution >= 0.6 is 0 Å². The Bertz CT molecular complexity index is 608. The number of carbonyl (C=O) groups is 1. The highest BCUT2D eigenvalue weighted by atomic mass is 16.5. The number of carboxylic acids is 1. The first-order chi connectivity index (χ1) is 9.40. The molecule has 0 aliphatic rings. The van der Waals surface area contributed by atoms with Crippen molar-refractivity contribution in [1.29, 1.82) is 0 Å². The number of aryl methyl sites for hydroxylation is 3. The van der Waals surface area contributed by atoms with Crippen molar-refractivity contribution in [2.45, 2.75) is 40.3 Å². The molecule has 0 bridgehead atoms. The van der Waals surface area contributed by atoms with Crippen LogP contribution in [0.5, 0.6) is 0 Å². The minimum Gasteiger partial charge on any atom is -0.475 e. The van der Waals surface area contributed by atoms with E-state index in [-0.39, 0.29) is 11.8 Å². The van der Waals surface area contributed by atoms with Gasteiger partial charge in [0.25, 0.3) is 0 Å². The van der Waals surface area contributed by atoms with Crippen LogP contribution in [0.2, 0.25) is 0 Å². The van der Waals surface area contributed by atoms with Crippen LogP contribution in [0.4, 0.5) is 0 Å². The summed E-state index contributed by atoms with van der Waals surface area (Å²) in [5.41, 5.74) is 2.50. The molecule has 0 fully saturated rings. The van der Waals surface area contributed by atoms with Gasteiger partial charge in [-0.1, -0.05) is 5.16 Å². The van der Waals surface area contributed by atoms with Crippen LogP contribution in [0.3, 0.4) is 0 Å². The van der Waals surface area contributed by atoms with Gasteiger partial charge in [-0.05, 0) is 33.8 Å². The first kappa shape index (κ1) is 14.3. The summed E-state index contributed by atoms with van der Waals surface area (Å²) in [4.78, 5) is 10.9. The van der Waals surface area contributed by atoms with E-state index in [2.05, 4.69) is 10.5 Å². The van der Waals surface area contributed by atoms with Crippen molar-refractivity contribution in [2.24, 2.45) is 0 Å². The molecule has 0 aliphatic carbocycles. The second kappa shape index (κ2) is 5.50. The number of rotatable bonds is 5. The SMILES string of the molecule is Cc1cc(CNC(C)c2c(C)noc2C)oc1C(=O)O. The van der Waals surface area contributed by atoms with Gasteiger partial charge >= 0.3 is 5.97 Å². The summed E-state index contributed by atoms with van der Waals surface area (Å²) in [6, 6.07) is 1.77. The molecule has 20 heavy (non-hydrogen) atoms. The summed E-state index contributed by atoms with van der Waals surface area (Å²) in [5, 5.41) is 16.1. The average Bonchev–Trinajstić information content (AvgIpc) is 2.90. The fraction of sp³-hybridized carbons (Fsp3) is 0.429. The van der Waals surface area contributed by atoms with E-state index in [1.807, 2.05) is 20.8 Å². The molecule has 2 heterocycles. The van der Waals surface area contributed by atoms with Gasteiger partial charge in [0.1, 0.15) is 11.5 Å². The molecule has 0 aliphatic heterocycles. The van der Waals surface area contributed by atoms with Gasteiger partial charge in [-0.3, -0.25) is 0 Å². The molecule has 0 amide bonds. The Morgan fingerprint density at radius 2 is 2.15 bits per heavy atom. The Morgan fingerprint density at radius 3 is 2.65 bits per heavy atom. The topological polar surface area (TPSA) is 88.5 Å². The summed E-state index contributed by atoms with van der Waals surface area (Å²) in [7, 11) is 0. The highest BCUT2D eigenvalue weighted by Crippen LogP contribution is 2.22. The van der Waals surface area contributed by atoms with Gasteiger partial charge in [-0.15, -0.1) is 0 Å². The number of hydrogen-bond donors (Lipinski definition) is 2. The molecule has 1 atom stereocenters. The second-order valence-electron chi connectivity index (χ2n) is 4.87. The maximum absolute atomic E-state index is 10.9. The fourth-order valence-corrected chi connectivity index (χ4v) is 2.31. The minimum absolute atomic E-state index is 0.00760. The maximum Gasteiger partial charge on any atom is 0.372 e. The van der Waals surface area contributed by atoms with E-state index in [0.717, 1.165) is 17.0 Å². The van der Waals surface area contributed by atoms with Crippen LogP contribution in [-0.2, 0) is 6.54 Å². The third-order valence-electron chi connectivity index (χ3n) is 3.27. The fourth-order valence-electron chi connectivity index (χ4n) is 2.31. The Kier molecular flexibility index (Phi) is 3.94. The van der Waals surface area contributed by atoms with Gasteiger partial charge in [0.2, 0.25) is 5.76 Å². The van der Waals surface area contributed by atoms with Crippen LogP contribution < -0.4 is 5.32 Å². The summed E-state index contributed by atoms with van der Waals surface area (Å²) in [5.74, 6) is 0.321. The maximum atomic E-state index is 10.9. The van der Waals surface area contributed by atoms with Gasteiger partial charge in [-0.2, -0.15) is 0 Å². The number of nitrogens with one attached hydrogen (secondary N) is 1. The van der Waals surface area contributed by atoms with Crippen molar-refractivity contribution >= 4 is 5.97 Å². The summed E-state index contributed by atoms with van der Waals surface area (Å²) < 4.78 is 10.4. The lowest BCUT2D eigenvalue weighted by Gasteiger charge is -2.12. The van der Waals surface area contributed by atoms with Crippen LogP contribution in [0.1, 0.15) is 51.9 Å². The van der Waals surface area contributed by atoms with Gasteiger partial charge in [-0.25, -0.2) is 4.79 Å². The highest BCUT2D eigenvalue weighted by molar-refractivity contribution is 5.86. The normalized spacial score (nSPS) is 12.6. The largest absolute Gasteiger partial charge is 0.475 e. The molecule has 0 saturated carbocycles. The van der Waals surface area contributed by atoms with Gasteiger partial charge in [0.15, 0.2) is 0 Å². The Balaban J connectivity index is 2.05. The first-order valence-corrected chi connectivity index (χ1v) is 6.39. The molecule has 6 nitrogen and oxygen atoms in total. The van der Waals surface area contributed by atoms with Crippen LogP contribution in [0.25, 0.3) is 0 Å². The highest BCUT2D eigenvalue weighted by Gasteiger charge is 2.18. The lowest BCUT2D eigenvalue weighted by atomic mass is 10.1. The van der Waals surface area contributed by atoms with Crippen LogP contribution in [-0.4, -0.2) is 16.2 Å². The summed E-state index contributed by atoms with van der Waals surface area (Å²) in [6.45, 7) is 7.92. The Hall–Kier alpha value is -2.08. The number of hydrogen-bond acceptors (Lipinski definition) is 5. The molecule has 2 N–H and O–H groups in total. The third kappa shape index (κ3) is 2.75. The number of carboxylic acid groups (broad SMARTS) is 1. The van der Waals surface area contributed by atoms with E-state index < -0.39 is 5.97 Å². The number of furan rings is 1. The number of aromatic carboxylic acids is 1. The zero-order valence-electron chi connectivity index (χ0n) is 12.0. The van der Waals surface area contributed by atoms with Crippen LogP contribution in [0, 0.1) is 20.8 Å². The van der Waals surface area contributed by atoms with E-state index in [9.17, 15) is 4.79 Å². The van der Waals surface area contributed by atoms with Crippen molar-refractivity contribution < 1.29 is 18.8 Å². The third-order valence-corrected chi connectivity index (χ3v) is 3.27. The zero-order valence-corrected chi connectivity index (χ0v) is 12.0. The molecule has 2 rings (SSSR count). The van der Waals surface area contributed by atoms with Gasteiger partial charge < -0.3 is 19.4 Å². The number of aromatic nitrogens is 1. The molecule has 108 valence electrons. The average molecular weight is 278 g/mol. The molecule has 0 saturated heterocycles. The van der Waals surface area contributed by atoms with E-state index in [4.69, 9.17) is 14.0 Å². The minimum atomic E-state index is -1.05. The van der Waals surface area contributed by atoms with E-state index in [1.165, 1.54) is 0 Å². The molecular formula is C14H18N2O4. The van der Waals surface area contributed by atoms with E-state index in [1.54, 1.807) is 13.0 Å². The lowest BCUT2D eigenvalue weighted by molar-refractivity contribution is 0.0659. The van der Waals surface area contributed by atoms with Crippen molar-refractivity contribution in [3.8, 4) is 0 Å². The Morgan fingerprint density at radius 1 is 1.45 bits per heavy atom. The molecule has 2 aromatic rings. The van der Waals surface area contributed by atoms with Gasteiger partial charge in [0, 0.05) is 17.2 Å². The van der Waals surface area contributed by atoms with Crippen LogP contribution in [0.15, 0.2) is 15.0 Å². The van der Waals surface area contributed by atoms with Gasteiger partial charge in [0.05, 0.1) is 12.2 Å². The molecule has 0 aromatic carbocycles. The standard InChI is InChI=1S/C14H18N2O4/c1-7-5-11(19-13(7)14(17)18)6-15-8(2)12-9(3)16-20-10(12)4/h5,8,15H,6H2,1-4H3,(H,17,18). The quantitative estimate of drug-likeness (QED) is 0.874. The smallest absolute Gasteiger partial charge is 0.372 e. The lowest BCUT2D eigenvalue weighted by Crippen LogP contribution is -2.18. The van der Waals surface area contributed by atoms with Crippen molar-refractivity contribution in [3.05, 3.63) is 40.2 Å². The first-order valence-electron chi connectivity index (χ1n) is 6.39. The van der Waals surface area contributed by atoms with E-state index in [0.29, 0.717) is 17.9 Å². The molecule has 0 spiro atoms. The molecule has 6 heteroatoms.